The monoisotopic (exact) mass is 374 g/mol. The van der Waals surface area contributed by atoms with Crippen LogP contribution in [0.25, 0.3) is 0 Å². The minimum Gasteiger partial charge on any atom is -0.462 e. The lowest BCUT2D eigenvalue weighted by molar-refractivity contribution is -0.152. The topological polar surface area (TPSA) is 55.8 Å². The molecular formula is C23H34O4. The van der Waals surface area contributed by atoms with Crippen molar-refractivity contribution in [3.05, 3.63) is 11.6 Å². The number of hydrogen-bond acceptors (Lipinski definition) is 4. The van der Waals surface area contributed by atoms with Crippen LogP contribution in [0.4, 0.5) is 0 Å². The van der Waals surface area contributed by atoms with E-state index in [-0.39, 0.29) is 29.5 Å². The van der Waals surface area contributed by atoms with Crippen LogP contribution in [0.2, 0.25) is 0 Å². The standard InChI is InChI=1S/C23H34O4/c1-3-4-5-19(25)27-16-6-8-22(2)14(10-16)11-18(24)20-17(22)7-9-23-12-15(23)13-26-21(20)23/h11,15-18,20-21,24H,3-10,12-13H2,1-2H3/t15?,16-,17?,18?,20?,21?,22-,23-/m0/s1. The van der Waals surface area contributed by atoms with Gasteiger partial charge in [0.25, 0.3) is 0 Å². The van der Waals surface area contributed by atoms with Gasteiger partial charge in [-0.15, -0.1) is 0 Å². The van der Waals surface area contributed by atoms with E-state index in [4.69, 9.17) is 9.47 Å². The number of ether oxygens (including phenoxy) is 2. The number of fused-ring (bicyclic) bond motifs is 4. The molecule has 5 unspecified atom stereocenters. The second kappa shape index (κ2) is 6.32. The third-order valence-corrected chi connectivity index (χ3v) is 8.84. The lowest BCUT2D eigenvalue weighted by atomic mass is 9.50. The molecule has 5 rings (SSSR count). The average molecular weight is 375 g/mol. The molecule has 0 aromatic heterocycles. The number of aliphatic hydroxyl groups excluding tert-OH is 1. The van der Waals surface area contributed by atoms with Crippen LogP contribution in [0.15, 0.2) is 11.6 Å². The molecule has 8 atom stereocenters. The molecule has 4 nitrogen and oxygen atoms in total. The first kappa shape index (κ1) is 18.2. The van der Waals surface area contributed by atoms with E-state index >= 15 is 0 Å². The molecule has 0 bridgehead atoms. The predicted octanol–water partition coefficient (Wildman–Crippen LogP) is 4.01. The summed E-state index contributed by atoms with van der Waals surface area (Å²) in [7, 11) is 0. The highest BCUT2D eigenvalue weighted by Gasteiger charge is 2.70. The maximum Gasteiger partial charge on any atom is 0.306 e. The van der Waals surface area contributed by atoms with E-state index < -0.39 is 6.10 Å². The molecule has 1 heterocycles. The molecule has 1 saturated heterocycles. The molecule has 150 valence electrons. The smallest absolute Gasteiger partial charge is 0.306 e. The SMILES string of the molecule is CCCCC(=O)O[C@H]1CC[C@@]2(C)C(=CC(O)C3C4OCC5C[C@@]54CCC32)C1. The van der Waals surface area contributed by atoms with Gasteiger partial charge in [0.15, 0.2) is 0 Å². The van der Waals surface area contributed by atoms with Crippen molar-refractivity contribution in [1.82, 2.24) is 0 Å². The van der Waals surface area contributed by atoms with Gasteiger partial charge in [0.2, 0.25) is 0 Å². The number of carbonyl (C=O) groups is 1. The van der Waals surface area contributed by atoms with Crippen LogP contribution in [-0.4, -0.2) is 36.0 Å². The Bertz CT molecular complexity index is 657. The minimum atomic E-state index is -0.408. The maximum atomic E-state index is 12.1. The third kappa shape index (κ3) is 2.66. The van der Waals surface area contributed by atoms with Crippen LogP contribution in [0.3, 0.4) is 0 Å². The summed E-state index contributed by atoms with van der Waals surface area (Å²) in [5.74, 6) is 1.45. The summed E-state index contributed by atoms with van der Waals surface area (Å²) in [6.45, 7) is 5.40. The van der Waals surface area contributed by atoms with E-state index in [1.165, 1.54) is 24.8 Å². The lowest BCUT2D eigenvalue weighted by Crippen LogP contribution is -2.55. The second-order valence-corrected chi connectivity index (χ2v) is 10.2. The van der Waals surface area contributed by atoms with Crippen molar-refractivity contribution in [2.45, 2.75) is 89.9 Å². The molecule has 3 saturated carbocycles. The molecular weight excluding hydrogens is 340 g/mol. The summed E-state index contributed by atoms with van der Waals surface area (Å²) in [6, 6.07) is 0. The number of aliphatic hydroxyl groups is 1. The van der Waals surface area contributed by atoms with Gasteiger partial charge in [0.1, 0.15) is 6.10 Å². The Morgan fingerprint density at radius 2 is 2.22 bits per heavy atom. The Kier molecular flexibility index (Phi) is 4.25. The van der Waals surface area contributed by atoms with Crippen molar-refractivity contribution in [2.24, 2.45) is 28.6 Å². The van der Waals surface area contributed by atoms with Gasteiger partial charge in [-0.3, -0.25) is 4.79 Å². The van der Waals surface area contributed by atoms with Crippen molar-refractivity contribution < 1.29 is 19.4 Å². The molecule has 4 aliphatic carbocycles. The Morgan fingerprint density at radius 3 is 3.00 bits per heavy atom. The van der Waals surface area contributed by atoms with E-state index in [1.807, 2.05) is 0 Å². The highest BCUT2D eigenvalue weighted by Crippen LogP contribution is 2.71. The molecule has 0 radical (unpaired) electrons. The second-order valence-electron chi connectivity index (χ2n) is 10.2. The van der Waals surface area contributed by atoms with E-state index in [2.05, 4.69) is 19.9 Å². The molecule has 27 heavy (non-hydrogen) atoms. The fourth-order valence-electron chi connectivity index (χ4n) is 7.16. The molecule has 5 aliphatic rings. The van der Waals surface area contributed by atoms with Crippen molar-refractivity contribution in [3.63, 3.8) is 0 Å². The Hall–Kier alpha value is -0.870. The Balaban J connectivity index is 1.34. The van der Waals surface area contributed by atoms with Crippen LogP contribution in [0.5, 0.6) is 0 Å². The highest BCUT2D eigenvalue weighted by atomic mass is 16.5. The van der Waals surface area contributed by atoms with Gasteiger partial charge in [-0.25, -0.2) is 0 Å². The first-order chi connectivity index (χ1) is 13.0. The zero-order chi connectivity index (χ0) is 18.8. The van der Waals surface area contributed by atoms with Crippen LogP contribution in [0.1, 0.15) is 71.6 Å². The molecule has 1 N–H and O–H groups in total. The van der Waals surface area contributed by atoms with Gasteiger partial charge in [0, 0.05) is 24.2 Å². The van der Waals surface area contributed by atoms with Crippen LogP contribution < -0.4 is 0 Å². The summed E-state index contributed by atoms with van der Waals surface area (Å²) < 4.78 is 12.0. The lowest BCUT2D eigenvalue weighted by Gasteiger charge is -2.56. The quantitative estimate of drug-likeness (QED) is 0.597. The van der Waals surface area contributed by atoms with Crippen molar-refractivity contribution in [1.29, 1.82) is 0 Å². The zero-order valence-corrected chi connectivity index (χ0v) is 16.8. The van der Waals surface area contributed by atoms with E-state index in [0.29, 0.717) is 17.8 Å². The van der Waals surface area contributed by atoms with Crippen molar-refractivity contribution in [3.8, 4) is 0 Å². The summed E-state index contributed by atoms with van der Waals surface area (Å²) in [5, 5.41) is 11.1. The number of hydrogen-bond donors (Lipinski definition) is 1. The molecule has 0 aromatic rings. The molecule has 0 amide bonds. The molecule has 4 fully saturated rings. The van der Waals surface area contributed by atoms with Crippen LogP contribution in [0, 0.1) is 28.6 Å². The first-order valence-corrected chi connectivity index (χ1v) is 11.2. The highest BCUT2D eigenvalue weighted by molar-refractivity contribution is 5.69. The summed E-state index contributed by atoms with van der Waals surface area (Å²) in [4.78, 5) is 12.1. The van der Waals surface area contributed by atoms with Crippen molar-refractivity contribution in [2.75, 3.05) is 6.61 Å². The number of rotatable bonds is 4. The summed E-state index contributed by atoms with van der Waals surface area (Å²) >= 11 is 0. The van der Waals surface area contributed by atoms with Gasteiger partial charge in [-0.2, -0.15) is 0 Å². The minimum absolute atomic E-state index is 0.0112. The van der Waals surface area contributed by atoms with E-state index in [9.17, 15) is 9.90 Å². The zero-order valence-electron chi connectivity index (χ0n) is 16.8. The van der Waals surface area contributed by atoms with Gasteiger partial charge >= 0.3 is 5.97 Å². The Morgan fingerprint density at radius 1 is 1.37 bits per heavy atom. The van der Waals surface area contributed by atoms with Gasteiger partial charge < -0.3 is 14.6 Å². The number of carbonyl (C=O) groups excluding carboxylic acids is 1. The number of esters is 1. The summed E-state index contributed by atoms with van der Waals surface area (Å²) in [5.41, 5.74) is 1.86. The van der Waals surface area contributed by atoms with E-state index in [1.54, 1.807) is 0 Å². The Labute approximate surface area is 162 Å². The maximum absolute atomic E-state index is 12.1. The molecule has 0 aromatic carbocycles. The van der Waals surface area contributed by atoms with Crippen LogP contribution in [-0.2, 0) is 14.3 Å². The number of unbranched alkanes of at least 4 members (excludes halogenated alkanes) is 1. The first-order valence-electron chi connectivity index (χ1n) is 11.2. The van der Waals surface area contributed by atoms with Gasteiger partial charge in [0.05, 0.1) is 18.8 Å². The predicted molar refractivity (Wildman–Crippen MR) is 102 cm³/mol. The van der Waals surface area contributed by atoms with Gasteiger partial charge in [-0.05, 0) is 55.8 Å². The normalized spacial score (nSPS) is 50.0. The van der Waals surface area contributed by atoms with Crippen LogP contribution >= 0.6 is 0 Å². The fraction of sp³-hybridized carbons (Fsp3) is 0.870. The average Bonchev–Trinajstić information content (AvgIpc) is 3.22. The fourth-order valence-corrected chi connectivity index (χ4v) is 7.16. The molecule has 1 aliphatic heterocycles. The largest absolute Gasteiger partial charge is 0.462 e. The molecule has 1 spiro atoms. The third-order valence-electron chi connectivity index (χ3n) is 8.84. The molecule has 4 heteroatoms. The van der Waals surface area contributed by atoms with E-state index in [0.717, 1.165) is 44.6 Å². The summed E-state index contributed by atoms with van der Waals surface area (Å²) in [6.07, 6.45) is 11.0. The van der Waals surface area contributed by atoms with Crippen molar-refractivity contribution >= 4 is 5.97 Å². The van der Waals surface area contributed by atoms with Gasteiger partial charge in [-0.1, -0.05) is 31.9 Å².